The number of Topliss-reactive ketones (excluding diaryl/α,β-unsaturated/α-hetero) is 4. The minimum Gasteiger partial charge on any atom is -0.458 e. The molecule has 0 saturated heterocycles. The summed E-state index contributed by atoms with van der Waals surface area (Å²) in [5.74, 6) is 2.49. The predicted molar refractivity (Wildman–Crippen MR) is 197 cm³/mol. The minimum atomic E-state index is -0.432. The Labute approximate surface area is 316 Å². The monoisotopic (exact) mass is 738 g/mol. The number of fused-ring (bicyclic) bond motifs is 10. The van der Waals surface area contributed by atoms with E-state index in [1.165, 1.54) is 6.92 Å². The molecule has 8 fully saturated rings. The highest BCUT2D eigenvalue weighted by Gasteiger charge is 2.65. The Morgan fingerprint density at radius 2 is 1.06 bits per heavy atom. The van der Waals surface area contributed by atoms with Gasteiger partial charge < -0.3 is 20.1 Å². The lowest BCUT2D eigenvalue weighted by molar-refractivity contribution is -0.164. The van der Waals surface area contributed by atoms with Gasteiger partial charge in [0.05, 0.1) is 12.2 Å². The molecule has 0 aromatic carbocycles. The van der Waals surface area contributed by atoms with Gasteiger partial charge >= 0.3 is 5.97 Å². The molecule has 9 heteroatoms. The number of carbonyl (C=O) groups is 5. The Balaban J connectivity index is 0.000000165. The maximum atomic E-state index is 13.5. The van der Waals surface area contributed by atoms with Gasteiger partial charge in [-0.05, 0) is 147 Å². The molecule has 0 spiro atoms. The molecule has 3 N–H and O–H groups in total. The molecule has 8 aliphatic carbocycles. The van der Waals surface area contributed by atoms with Crippen LogP contribution in [-0.2, 0) is 28.7 Å². The highest BCUT2D eigenvalue weighted by molar-refractivity contribution is 5.89. The van der Waals surface area contributed by atoms with Gasteiger partial charge in [0, 0.05) is 43.4 Å². The molecule has 8 rings (SSSR count). The van der Waals surface area contributed by atoms with Gasteiger partial charge in [0.25, 0.3) is 0 Å². The van der Waals surface area contributed by atoms with Crippen LogP contribution in [0.2, 0.25) is 0 Å². The number of ketones is 4. The number of hydrogen-bond donors (Lipinski definition) is 3. The lowest BCUT2D eigenvalue weighted by Gasteiger charge is -2.59. The maximum Gasteiger partial charge on any atom is 0.303 e. The lowest BCUT2D eigenvalue weighted by atomic mass is 9.44. The van der Waals surface area contributed by atoms with Crippen molar-refractivity contribution in [3.05, 3.63) is 0 Å². The largest absolute Gasteiger partial charge is 0.458 e. The molecule has 53 heavy (non-hydrogen) atoms. The van der Waals surface area contributed by atoms with E-state index in [2.05, 4.69) is 27.7 Å². The van der Waals surface area contributed by atoms with E-state index < -0.39 is 12.6 Å². The van der Waals surface area contributed by atoms with Crippen LogP contribution in [0.1, 0.15) is 137 Å². The fraction of sp³-hybridized carbons (Fsp3) is 0.886. The first-order valence-corrected chi connectivity index (χ1v) is 21.2. The number of ether oxygens (including phenoxy) is 1. The summed E-state index contributed by atoms with van der Waals surface area (Å²) in [5, 5.41) is 29.6. The summed E-state index contributed by atoms with van der Waals surface area (Å²) in [6.07, 6.45) is 13.7. The first kappa shape index (κ1) is 39.3. The predicted octanol–water partition coefficient (Wildman–Crippen LogP) is 6.06. The first-order chi connectivity index (χ1) is 25.0. The van der Waals surface area contributed by atoms with Crippen molar-refractivity contribution < 1.29 is 44.0 Å². The van der Waals surface area contributed by atoms with E-state index in [0.29, 0.717) is 59.9 Å². The summed E-state index contributed by atoms with van der Waals surface area (Å²) in [6.45, 7) is 9.62. The van der Waals surface area contributed by atoms with Crippen molar-refractivity contribution in [2.24, 2.45) is 80.8 Å². The van der Waals surface area contributed by atoms with Crippen LogP contribution in [0.4, 0.5) is 0 Å². The second-order valence-electron chi connectivity index (χ2n) is 20.3. The number of aliphatic hydroxyl groups excluding tert-OH is 3. The van der Waals surface area contributed by atoms with Crippen molar-refractivity contribution in [1.82, 2.24) is 0 Å². The topological polar surface area (TPSA) is 155 Å². The highest BCUT2D eigenvalue weighted by Crippen LogP contribution is 2.68. The van der Waals surface area contributed by atoms with Gasteiger partial charge in [0.1, 0.15) is 24.8 Å². The first-order valence-electron chi connectivity index (χ1n) is 21.2. The highest BCUT2D eigenvalue weighted by atomic mass is 16.5. The standard InChI is InChI=1S/C23H34O5.C21H32O4/c1-13(24)28-12-20(27)18-7-6-17-16-5-4-14-10-15(25)8-9-22(14,2)21(16)19(26)11-23(17,18)3;1-20-8-7-13(23)9-12(20)3-4-14-15-5-6-16(18(25)11-22)21(15,2)10-17(24)19(14)20/h14-18,21,25H,4-12H2,1-3H3;12-16,19,22-23H,3-11H2,1-2H3/t14-,15+,16?,17?,18+,21?,22-,23-;12-,13+,14?,15?,16+,19?,20-,21-/m00/s1. The summed E-state index contributed by atoms with van der Waals surface area (Å²) < 4.78 is 4.97. The van der Waals surface area contributed by atoms with E-state index in [1.54, 1.807) is 0 Å². The van der Waals surface area contributed by atoms with Gasteiger partial charge in [-0.3, -0.25) is 24.0 Å². The summed E-state index contributed by atoms with van der Waals surface area (Å²) in [5.41, 5.74) is -0.525. The SMILES string of the molecule is CC(=O)OCC(=O)[C@H]1CCC2C3CC[C@H]4C[C@H](O)CC[C@]4(C)C3C(=O)C[C@@]21C.C[C@]12CC(=O)C3C(CC[C@H]4C[C@H](O)CC[C@]34C)C1CC[C@@H]2C(=O)CO. The lowest BCUT2D eigenvalue weighted by Crippen LogP contribution is -2.58. The average Bonchev–Trinajstić information content (AvgIpc) is 3.63. The third-order valence-corrected chi connectivity index (χ3v) is 18.0. The van der Waals surface area contributed by atoms with E-state index >= 15 is 0 Å². The van der Waals surface area contributed by atoms with Crippen LogP contribution in [0.3, 0.4) is 0 Å². The molecule has 16 atom stereocenters. The number of carbonyl (C=O) groups excluding carboxylic acids is 5. The van der Waals surface area contributed by atoms with Gasteiger partial charge in [-0.25, -0.2) is 0 Å². The molecule has 0 aliphatic heterocycles. The zero-order chi connectivity index (χ0) is 38.2. The Morgan fingerprint density at radius 1 is 0.623 bits per heavy atom. The zero-order valence-corrected chi connectivity index (χ0v) is 32.9. The van der Waals surface area contributed by atoms with Crippen LogP contribution < -0.4 is 0 Å². The molecule has 8 aliphatic rings. The van der Waals surface area contributed by atoms with Crippen molar-refractivity contribution >= 4 is 29.1 Å². The van der Waals surface area contributed by atoms with Gasteiger partial charge in [-0.1, -0.05) is 27.7 Å². The Morgan fingerprint density at radius 3 is 1.47 bits per heavy atom. The van der Waals surface area contributed by atoms with Crippen molar-refractivity contribution in [2.75, 3.05) is 13.2 Å². The molecule has 9 nitrogen and oxygen atoms in total. The third-order valence-electron chi connectivity index (χ3n) is 18.0. The van der Waals surface area contributed by atoms with E-state index in [4.69, 9.17) is 4.74 Å². The molecule has 0 heterocycles. The molecule has 0 aromatic heterocycles. The van der Waals surface area contributed by atoms with Crippen molar-refractivity contribution in [3.63, 3.8) is 0 Å². The van der Waals surface area contributed by atoms with Gasteiger partial charge in [0.2, 0.25) is 0 Å². The molecule has 6 unspecified atom stereocenters. The summed E-state index contributed by atoms with van der Waals surface area (Å²) >= 11 is 0. The average molecular weight is 739 g/mol. The molecular weight excluding hydrogens is 672 g/mol. The fourth-order valence-electron chi connectivity index (χ4n) is 15.5. The van der Waals surface area contributed by atoms with E-state index in [1.807, 2.05) is 0 Å². The van der Waals surface area contributed by atoms with Crippen LogP contribution >= 0.6 is 0 Å². The normalized spacial score (nSPS) is 49.8. The number of esters is 1. The molecule has 0 amide bonds. The summed E-state index contributed by atoms with van der Waals surface area (Å²) in [7, 11) is 0. The molecule has 0 aromatic rings. The van der Waals surface area contributed by atoms with Gasteiger partial charge in [0.15, 0.2) is 11.6 Å². The van der Waals surface area contributed by atoms with Crippen molar-refractivity contribution in [1.29, 1.82) is 0 Å². The van der Waals surface area contributed by atoms with E-state index in [-0.39, 0.29) is 75.7 Å². The van der Waals surface area contributed by atoms with E-state index in [0.717, 1.165) is 89.9 Å². The zero-order valence-electron chi connectivity index (χ0n) is 32.9. The maximum absolute atomic E-state index is 13.5. The van der Waals surface area contributed by atoms with Crippen molar-refractivity contribution in [3.8, 4) is 0 Å². The third kappa shape index (κ3) is 6.33. The summed E-state index contributed by atoms with van der Waals surface area (Å²) in [4.78, 5) is 63.0. The Kier molecular flexibility index (Phi) is 10.5. The quantitative estimate of drug-likeness (QED) is 0.286. The molecule has 0 bridgehead atoms. The van der Waals surface area contributed by atoms with Gasteiger partial charge in [-0.15, -0.1) is 0 Å². The molecular formula is C44H66O9. The summed E-state index contributed by atoms with van der Waals surface area (Å²) in [6, 6.07) is 0. The fourth-order valence-corrected chi connectivity index (χ4v) is 15.5. The minimum absolute atomic E-state index is 0.000393. The second-order valence-corrected chi connectivity index (χ2v) is 20.3. The van der Waals surface area contributed by atoms with Gasteiger partial charge in [-0.2, -0.15) is 0 Å². The van der Waals surface area contributed by atoms with Crippen LogP contribution in [0.5, 0.6) is 0 Å². The molecule has 0 radical (unpaired) electrons. The van der Waals surface area contributed by atoms with Crippen LogP contribution in [-0.4, -0.2) is 69.8 Å². The number of hydrogen-bond acceptors (Lipinski definition) is 9. The van der Waals surface area contributed by atoms with Crippen LogP contribution in [0.25, 0.3) is 0 Å². The van der Waals surface area contributed by atoms with E-state index in [9.17, 15) is 39.3 Å². The smallest absolute Gasteiger partial charge is 0.303 e. The van der Waals surface area contributed by atoms with Crippen LogP contribution in [0.15, 0.2) is 0 Å². The van der Waals surface area contributed by atoms with Crippen molar-refractivity contribution in [2.45, 2.75) is 150 Å². The molecule has 296 valence electrons. The molecule has 8 saturated carbocycles. The van der Waals surface area contributed by atoms with Crippen LogP contribution in [0, 0.1) is 80.8 Å². The number of aliphatic hydroxyl groups is 3. The number of rotatable bonds is 5. The Bertz CT molecular complexity index is 1490. The Hall–Kier alpha value is -1.97. The second kappa shape index (κ2) is 14.2.